The Morgan fingerprint density at radius 1 is 1.33 bits per heavy atom. The fourth-order valence-corrected chi connectivity index (χ4v) is 3.32. The summed E-state index contributed by atoms with van der Waals surface area (Å²) < 4.78 is 5.20. The van der Waals surface area contributed by atoms with Gasteiger partial charge in [0.05, 0.1) is 7.11 Å². The molecule has 0 spiro atoms. The third-order valence-corrected chi connectivity index (χ3v) is 4.55. The normalized spacial score (nSPS) is 28.1. The number of phenols is 1. The summed E-state index contributed by atoms with van der Waals surface area (Å²) in [5, 5.41) is 9.64. The van der Waals surface area contributed by atoms with Crippen molar-refractivity contribution in [3.8, 4) is 11.5 Å². The zero-order chi connectivity index (χ0) is 13.1. The van der Waals surface area contributed by atoms with Crippen LogP contribution in [0.5, 0.6) is 11.5 Å². The third kappa shape index (κ3) is 2.63. The van der Waals surface area contributed by atoms with Crippen molar-refractivity contribution >= 4 is 0 Å². The van der Waals surface area contributed by atoms with E-state index in [0.29, 0.717) is 11.7 Å². The Morgan fingerprint density at radius 3 is 2.72 bits per heavy atom. The van der Waals surface area contributed by atoms with Crippen molar-refractivity contribution in [1.82, 2.24) is 0 Å². The monoisotopic (exact) mass is 248 g/mol. The number of ether oxygens (including phenoxy) is 1. The van der Waals surface area contributed by atoms with E-state index in [0.717, 1.165) is 11.8 Å². The largest absolute Gasteiger partial charge is 0.504 e. The molecule has 0 bridgehead atoms. The molecule has 0 aromatic heterocycles. The van der Waals surface area contributed by atoms with E-state index in [-0.39, 0.29) is 5.75 Å². The minimum absolute atomic E-state index is 0.233. The van der Waals surface area contributed by atoms with Crippen LogP contribution in [-0.4, -0.2) is 12.2 Å². The van der Waals surface area contributed by atoms with E-state index in [1.54, 1.807) is 13.2 Å². The molecule has 2 rings (SSSR count). The van der Waals surface area contributed by atoms with Gasteiger partial charge in [0.25, 0.3) is 0 Å². The van der Waals surface area contributed by atoms with Gasteiger partial charge in [-0.05, 0) is 54.7 Å². The van der Waals surface area contributed by atoms with Crippen LogP contribution in [0.1, 0.15) is 51.0 Å². The lowest BCUT2D eigenvalue weighted by molar-refractivity contribution is 0.226. The number of phenolic OH excluding ortho intramolecular Hbond substituents is 1. The van der Waals surface area contributed by atoms with Crippen molar-refractivity contribution in [2.45, 2.75) is 45.4 Å². The van der Waals surface area contributed by atoms with Crippen molar-refractivity contribution in [2.75, 3.05) is 7.11 Å². The van der Waals surface area contributed by atoms with E-state index in [1.807, 2.05) is 12.1 Å². The zero-order valence-electron chi connectivity index (χ0n) is 11.6. The number of rotatable bonds is 3. The molecule has 3 atom stereocenters. The molecule has 0 aliphatic heterocycles. The molecule has 1 fully saturated rings. The summed E-state index contributed by atoms with van der Waals surface area (Å²) in [7, 11) is 1.61. The van der Waals surface area contributed by atoms with E-state index in [9.17, 15) is 5.11 Å². The molecule has 0 saturated heterocycles. The summed E-state index contributed by atoms with van der Waals surface area (Å²) in [6, 6.07) is 5.80. The molecule has 1 aliphatic rings. The Morgan fingerprint density at radius 2 is 2.11 bits per heavy atom. The molecule has 2 nitrogen and oxygen atoms in total. The summed E-state index contributed by atoms with van der Waals surface area (Å²) in [5.74, 6) is 3.14. The van der Waals surface area contributed by atoms with E-state index in [4.69, 9.17) is 4.74 Å². The number of aromatic hydroxyl groups is 1. The van der Waals surface area contributed by atoms with E-state index in [1.165, 1.54) is 31.2 Å². The standard InChI is InChI=1S/C16H24O2/c1-4-12-5-6-13(9-11(12)2)14-7-8-15(17)16(10-14)18-3/h7-8,10-13,17H,4-6,9H2,1-3H3. The maximum Gasteiger partial charge on any atom is 0.160 e. The van der Waals surface area contributed by atoms with Gasteiger partial charge in [0.15, 0.2) is 11.5 Å². The number of hydrogen-bond acceptors (Lipinski definition) is 2. The van der Waals surface area contributed by atoms with Gasteiger partial charge in [0.1, 0.15) is 0 Å². The second-order valence-corrected chi connectivity index (χ2v) is 5.59. The molecular formula is C16H24O2. The fourth-order valence-electron chi connectivity index (χ4n) is 3.32. The van der Waals surface area contributed by atoms with Crippen LogP contribution in [0.15, 0.2) is 18.2 Å². The third-order valence-electron chi connectivity index (χ3n) is 4.55. The molecular weight excluding hydrogens is 224 g/mol. The first kappa shape index (κ1) is 13.3. The number of methoxy groups -OCH3 is 1. The lowest BCUT2D eigenvalue weighted by Gasteiger charge is -2.34. The van der Waals surface area contributed by atoms with Gasteiger partial charge in [-0.3, -0.25) is 0 Å². The lowest BCUT2D eigenvalue weighted by atomic mass is 9.72. The van der Waals surface area contributed by atoms with Crippen LogP contribution >= 0.6 is 0 Å². The van der Waals surface area contributed by atoms with Crippen molar-refractivity contribution in [1.29, 1.82) is 0 Å². The topological polar surface area (TPSA) is 29.5 Å². The molecule has 100 valence electrons. The highest BCUT2D eigenvalue weighted by Crippen LogP contribution is 2.42. The quantitative estimate of drug-likeness (QED) is 0.862. The highest BCUT2D eigenvalue weighted by molar-refractivity contribution is 5.42. The van der Waals surface area contributed by atoms with Crippen LogP contribution in [0, 0.1) is 11.8 Å². The molecule has 0 radical (unpaired) electrons. The molecule has 1 aromatic carbocycles. The van der Waals surface area contributed by atoms with Crippen LogP contribution in [0.2, 0.25) is 0 Å². The maximum absolute atomic E-state index is 9.64. The van der Waals surface area contributed by atoms with Gasteiger partial charge in [0, 0.05) is 0 Å². The Bertz CT molecular complexity index is 400. The van der Waals surface area contributed by atoms with Crippen molar-refractivity contribution in [3.05, 3.63) is 23.8 Å². The average molecular weight is 248 g/mol. The summed E-state index contributed by atoms with van der Waals surface area (Å²) in [6.45, 7) is 4.67. The summed E-state index contributed by atoms with van der Waals surface area (Å²) >= 11 is 0. The molecule has 1 aromatic rings. The molecule has 1 N–H and O–H groups in total. The second-order valence-electron chi connectivity index (χ2n) is 5.59. The average Bonchev–Trinajstić information content (AvgIpc) is 2.39. The Hall–Kier alpha value is -1.18. The molecule has 2 heteroatoms. The second kappa shape index (κ2) is 5.64. The maximum atomic E-state index is 9.64. The van der Waals surface area contributed by atoms with E-state index < -0.39 is 0 Å². The van der Waals surface area contributed by atoms with Gasteiger partial charge in [-0.15, -0.1) is 0 Å². The molecule has 1 aliphatic carbocycles. The summed E-state index contributed by atoms with van der Waals surface area (Å²) in [6.07, 6.45) is 5.14. The first-order chi connectivity index (χ1) is 8.65. The zero-order valence-corrected chi connectivity index (χ0v) is 11.6. The van der Waals surface area contributed by atoms with Crippen LogP contribution in [-0.2, 0) is 0 Å². The Kier molecular flexibility index (Phi) is 4.15. The van der Waals surface area contributed by atoms with Crippen molar-refractivity contribution in [2.24, 2.45) is 11.8 Å². The Labute approximate surface area is 110 Å². The van der Waals surface area contributed by atoms with Gasteiger partial charge < -0.3 is 9.84 Å². The van der Waals surface area contributed by atoms with Gasteiger partial charge in [-0.25, -0.2) is 0 Å². The minimum atomic E-state index is 0.233. The van der Waals surface area contributed by atoms with E-state index >= 15 is 0 Å². The van der Waals surface area contributed by atoms with Crippen LogP contribution in [0.4, 0.5) is 0 Å². The lowest BCUT2D eigenvalue weighted by Crippen LogP contribution is -2.21. The van der Waals surface area contributed by atoms with Crippen molar-refractivity contribution in [3.63, 3.8) is 0 Å². The minimum Gasteiger partial charge on any atom is -0.504 e. The van der Waals surface area contributed by atoms with Gasteiger partial charge >= 0.3 is 0 Å². The highest BCUT2D eigenvalue weighted by Gasteiger charge is 2.27. The van der Waals surface area contributed by atoms with Gasteiger partial charge in [0.2, 0.25) is 0 Å². The predicted octanol–water partition coefficient (Wildman–Crippen LogP) is 4.33. The molecule has 0 heterocycles. The van der Waals surface area contributed by atoms with Crippen molar-refractivity contribution < 1.29 is 9.84 Å². The Balaban J connectivity index is 2.13. The molecule has 0 amide bonds. The smallest absolute Gasteiger partial charge is 0.160 e. The van der Waals surface area contributed by atoms with Gasteiger partial charge in [-0.2, -0.15) is 0 Å². The summed E-state index contributed by atoms with van der Waals surface area (Å²) in [5.41, 5.74) is 1.31. The van der Waals surface area contributed by atoms with Crippen LogP contribution < -0.4 is 4.74 Å². The molecule has 1 saturated carbocycles. The molecule has 3 unspecified atom stereocenters. The van der Waals surface area contributed by atoms with E-state index in [2.05, 4.69) is 13.8 Å². The summed E-state index contributed by atoms with van der Waals surface area (Å²) in [4.78, 5) is 0. The SMILES string of the molecule is CCC1CCC(c2ccc(O)c(OC)c2)CC1C. The number of hydrogen-bond donors (Lipinski definition) is 1. The van der Waals surface area contributed by atoms with Crippen LogP contribution in [0.3, 0.4) is 0 Å². The van der Waals surface area contributed by atoms with Gasteiger partial charge in [-0.1, -0.05) is 26.3 Å². The first-order valence-corrected chi connectivity index (χ1v) is 7.02. The predicted molar refractivity (Wildman–Crippen MR) is 74.2 cm³/mol. The highest BCUT2D eigenvalue weighted by atomic mass is 16.5. The first-order valence-electron chi connectivity index (χ1n) is 7.02. The number of benzene rings is 1. The fraction of sp³-hybridized carbons (Fsp3) is 0.625. The molecule has 18 heavy (non-hydrogen) atoms. The van der Waals surface area contributed by atoms with Crippen LogP contribution in [0.25, 0.3) is 0 Å².